The lowest BCUT2D eigenvalue weighted by molar-refractivity contribution is -0.138. The summed E-state index contributed by atoms with van der Waals surface area (Å²) in [6.07, 6.45) is 1.70. The second-order valence-corrected chi connectivity index (χ2v) is 5.89. The van der Waals surface area contributed by atoms with Crippen LogP contribution in [0, 0.1) is 0 Å². The zero-order valence-corrected chi connectivity index (χ0v) is 13.7. The van der Waals surface area contributed by atoms with E-state index in [0.717, 1.165) is 5.69 Å². The number of hydrogen-bond acceptors (Lipinski definition) is 3. The predicted molar refractivity (Wildman–Crippen MR) is 87.7 cm³/mol. The van der Waals surface area contributed by atoms with Gasteiger partial charge in [0.15, 0.2) is 0 Å². The minimum absolute atomic E-state index is 0.149. The first kappa shape index (κ1) is 16.7. The van der Waals surface area contributed by atoms with E-state index in [9.17, 15) is 9.59 Å². The molecule has 0 radical (unpaired) electrons. The molecule has 0 aliphatic carbocycles. The highest BCUT2D eigenvalue weighted by Crippen LogP contribution is 2.21. The summed E-state index contributed by atoms with van der Waals surface area (Å²) in [6, 6.07) is 6.83. The van der Waals surface area contributed by atoms with Crippen molar-refractivity contribution in [3.8, 4) is 0 Å². The summed E-state index contributed by atoms with van der Waals surface area (Å²) >= 11 is 0. The molecule has 0 bridgehead atoms. The number of aliphatic carboxylic acids is 1. The van der Waals surface area contributed by atoms with E-state index in [4.69, 9.17) is 5.11 Å². The number of aryl methyl sites for hydroxylation is 1. The van der Waals surface area contributed by atoms with Gasteiger partial charge < -0.3 is 10.4 Å². The summed E-state index contributed by atoms with van der Waals surface area (Å²) in [5, 5.41) is 16.1. The predicted octanol–water partition coefficient (Wildman–Crippen LogP) is 2.98. The Balaban J connectivity index is 2.16. The third kappa shape index (κ3) is 3.77. The lowest BCUT2D eigenvalue weighted by Crippen LogP contribution is -2.14. The molecule has 1 aromatic heterocycles. The van der Waals surface area contributed by atoms with E-state index in [-0.39, 0.29) is 11.8 Å². The SMILES string of the molecule is CC(C)c1nn(C)cc1C(=O)Nc1ccc(C(C)C(=O)O)cc1. The van der Waals surface area contributed by atoms with Crippen LogP contribution in [0.15, 0.2) is 30.5 Å². The van der Waals surface area contributed by atoms with Gasteiger partial charge in [-0.2, -0.15) is 5.10 Å². The minimum atomic E-state index is -0.876. The number of carboxylic acid groups (broad SMARTS) is 1. The number of rotatable bonds is 5. The quantitative estimate of drug-likeness (QED) is 0.888. The summed E-state index contributed by atoms with van der Waals surface area (Å²) in [5.74, 6) is -1.53. The molecule has 0 saturated carbocycles. The normalized spacial score (nSPS) is 12.2. The number of carbonyl (C=O) groups is 2. The van der Waals surface area contributed by atoms with Crippen molar-refractivity contribution in [3.05, 3.63) is 47.3 Å². The van der Waals surface area contributed by atoms with Crippen molar-refractivity contribution in [2.24, 2.45) is 7.05 Å². The highest BCUT2D eigenvalue weighted by Gasteiger charge is 2.18. The zero-order valence-electron chi connectivity index (χ0n) is 13.7. The Morgan fingerprint density at radius 1 is 1.17 bits per heavy atom. The molecule has 1 amide bonds. The molecule has 0 aliphatic rings. The van der Waals surface area contributed by atoms with Crippen LogP contribution in [0.1, 0.15) is 54.2 Å². The monoisotopic (exact) mass is 315 g/mol. The molecule has 2 aromatic rings. The van der Waals surface area contributed by atoms with Crippen molar-refractivity contribution in [3.63, 3.8) is 0 Å². The van der Waals surface area contributed by atoms with Crippen LogP contribution in [0.2, 0.25) is 0 Å². The number of amides is 1. The summed E-state index contributed by atoms with van der Waals surface area (Å²) in [5.41, 5.74) is 2.61. The van der Waals surface area contributed by atoms with Gasteiger partial charge in [0.2, 0.25) is 0 Å². The summed E-state index contributed by atoms with van der Waals surface area (Å²) in [6.45, 7) is 5.60. The van der Waals surface area contributed by atoms with Crippen LogP contribution in [-0.2, 0) is 11.8 Å². The molecule has 1 aromatic carbocycles. The van der Waals surface area contributed by atoms with Crippen molar-refractivity contribution < 1.29 is 14.7 Å². The van der Waals surface area contributed by atoms with Crippen molar-refractivity contribution in [1.82, 2.24) is 9.78 Å². The van der Waals surface area contributed by atoms with Gasteiger partial charge >= 0.3 is 5.97 Å². The van der Waals surface area contributed by atoms with Gasteiger partial charge in [-0.05, 0) is 30.5 Å². The average Bonchev–Trinajstić information content (AvgIpc) is 2.89. The van der Waals surface area contributed by atoms with Gasteiger partial charge in [0.1, 0.15) is 0 Å². The van der Waals surface area contributed by atoms with E-state index in [1.165, 1.54) is 0 Å². The van der Waals surface area contributed by atoms with E-state index in [0.29, 0.717) is 16.8 Å². The van der Waals surface area contributed by atoms with Crippen molar-refractivity contribution in [1.29, 1.82) is 0 Å². The molecule has 6 nitrogen and oxygen atoms in total. The molecule has 23 heavy (non-hydrogen) atoms. The fourth-order valence-corrected chi connectivity index (χ4v) is 2.30. The van der Waals surface area contributed by atoms with Crippen molar-refractivity contribution in [2.45, 2.75) is 32.6 Å². The maximum Gasteiger partial charge on any atom is 0.310 e. The summed E-state index contributed by atoms with van der Waals surface area (Å²) in [4.78, 5) is 23.4. The highest BCUT2D eigenvalue weighted by atomic mass is 16.4. The standard InChI is InChI=1S/C17H21N3O3/c1-10(2)15-14(9-20(4)19-15)16(21)18-13-7-5-12(6-8-13)11(3)17(22)23/h5-11H,1-4H3,(H,18,21)(H,22,23). The summed E-state index contributed by atoms with van der Waals surface area (Å²) < 4.78 is 1.63. The van der Waals surface area contributed by atoms with Gasteiger partial charge in [-0.1, -0.05) is 26.0 Å². The maximum atomic E-state index is 12.4. The van der Waals surface area contributed by atoms with Crippen LogP contribution in [0.4, 0.5) is 5.69 Å². The highest BCUT2D eigenvalue weighted by molar-refractivity contribution is 6.05. The Bertz CT molecular complexity index is 717. The van der Waals surface area contributed by atoms with Crippen LogP contribution in [0.3, 0.4) is 0 Å². The van der Waals surface area contributed by atoms with E-state index in [1.54, 1.807) is 49.1 Å². The molecule has 0 saturated heterocycles. The second kappa shape index (κ2) is 6.64. The van der Waals surface area contributed by atoms with Crippen LogP contribution in [-0.4, -0.2) is 26.8 Å². The summed E-state index contributed by atoms with van der Waals surface area (Å²) in [7, 11) is 1.78. The molecule has 0 spiro atoms. The number of benzene rings is 1. The molecule has 6 heteroatoms. The fourth-order valence-electron chi connectivity index (χ4n) is 2.30. The third-order valence-electron chi connectivity index (χ3n) is 3.69. The first-order valence-corrected chi connectivity index (χ1v) is 7.47. The van der Waals surface area contributed by atoms with Crippen LogP contribution in [0.25, 0.3) is 0 Å². The van der Waals surface area contributed by atoms with Gasteiger partial charge in [-0.25, -0.2) is 0 Å². The van der Waals surface area contributed by atoms with E-state index in [2.05, 4.69) is 10.4 Å². The van der Waals surface area contributed by atoms with Gasteiger partial charge in [0.25, 0.3) is 5.91 Å². The Hall–Kier alpha value is -2.63. The minimum Gasteiger partial charge on any atom is -0.481 e. The Labute approximate surface area is 135 Å². The van der Waals surface area contributed by atoms with Crippen LogP contribution in [0.5, 0.6) is 0 Å². The number of carboxylic acids is 1. The second-order valence-electron chi connectivity index (χ2n) is 5.89. The number of nitrogens with zero attached hydrogens (tertiary/aromatic N) is 2. The molecule has 1 unspecified atom stereocenters. The van der Waals surface area contributed by atoms with Gasteiger partial charge in [0.05, 0.1) is 17.2 Å². The number of carbonyl (C=O) groups excluding carboxylic acids is 1. The Morgan fingerprint density at radius 2 is 1.78 bits per heavy atom. The Morgan fingerprint density at radius 3 is 2.30 bits per heavy atom. The van der Waals surface area contributed by atoms with E-state index in [1.807, 2.05) is 13.8 Å². The zero-order chi connectivity index (χ0) is 17.1. The average molecular weight is 315 g/mol. The largest absolute Gasteiger partial charge is 0.481 e. The number of nitrogens with one attached hydrogen (secondary N) is 1. The number of anilines is 1. The Kier molecular flexibility index (Phi) is 4.83. The molecule has 1 heterocycles. The molecule has 1 atom stereocenters. The van der Waals surface area contributed by atoms with Crippen LogP contribution >= 0.6 is 0 Å². The fraction of sp³-hybridized carbons (Fsp3) is 0.353. The van der Waals surface area contributed by atoms with Crippen molar-refractivity contribution in [2.75, 3.05) is 5.32 Å². The lowest BCUT2D eigenvalue weighted by atomic mass is 10.0. The lowest BCUT2D eigenvalue weighted by Gasteiger charge is -2.09. The maximum absolute atomic E-state index is 12.4. The molecular formula is C17H21N3O3. The molecule has 0 aliphatic heterocycles. The molecule has 2 N–H and O–H groups in total. The topological polar surface area (TPSA) is 84.2 Å². The van der Waals surface area contributed by atoms with Gasteiger partial charge in [-0.15, -0.1) is 0 Å². The smallest absolute Gasteiger partial charge is 0.310 e. The molecule has 0 fully saturated rings. The van der Waals surface area contributed by atoms with Gasteiger partial charge in [0, 0.05) is 18.9 Å². The van der Waals surface area contributed by atoms with E-state index < -0.39 is 11.9 Å². The molecular weight excluding hydrogens is 294 g/mol. The number of aromatic nitrogens is 2. The first-order valence-electron chi connectivity index (χ1n) is 7.47. The first-order chi connectivity index (χ1) is 10.8. The third-order valence-corrected chi connectivity index (χ3v) is 3.69. The van der Waals surface area contributed by atoms with Crippen LogP contribution < -0.4 is 5.32 Å². The van der Waals surface area contributed by atoms with Gasteiger partial charge in [-0.3, -0.25) is 14.3 Å². The molecule has 2 rings (SSSR count). The number of hydrogen-bond donors (Lipinski definition) is 2. The van der Waals surface area contributed by atoms with E-state index >= 15 is 0 Å². The molecule has 122 valence electrons. The van der Waals surface area contributed by atoms with Crippen molar-refractivity contribution >= 4 is 17.6 Å².